The number of aryl methyl sites for hydroxylation is 1. The number of aromatic nitrogens is 2. The molecule has 1 heterocycles. The number of hydrogen-bond acceptors (Lipinski definition) is 4. The van der Waals surface area contributed by atoms with Crippen molar-refractivity contribution in [2.75, 3.05) is 12.3 Å². The van der Waals surface area contributed by atoms with Crippen LogP contribution in [0.5, 0.6) is 0 Å². The number of hydrogen-bond donors (Lipinski definition) is 2. The fourth-order valence-electron chi connectivity index (χ4n) is 2.69. The van der Waals surface area contributed by atoms with Gasteiger partial charge in [-0.1, -0.05) is 29.8 Å². The molecule has 1 amide bonds. The maximum absolute atomic E-state index is 12.3. The summed E-state index contributed by atoms with van der Waals surface area (Å²) in [6, 6.07) is 17.1. The van der Waals surface area contributed by atoms with E-state index in [9.17, 15) is 4.79 Å². The quantitative estimate of drug-likeness (QED) is 0.743. The van der Waals surface area contributed by atoms with E-state index in [1.165, 1.54) is 22.0 Å². The number of nitrogens with zero attached hydrogens (tertiary/aromatic N) is 3. The minimum absolute atomic E-state index is 0.129. The SMILES string of the molecule is Cc1cccc(CCNC(=O)c2ccc(-n3ncc(C#N)c3N)cc2)c1. The molecule has 3 aromatic rings. The summed E-state index contributed by atoms with van der Waals surface area (Å²) in [6.07, 6.45) is 2.20. The largest absolute Gasteiger partial charge is 0.382 e. The van der Waals surface area contributed by atoms with Crippen LogP contribution in [-0.2, 0) is 6.42 Å². The molecule has 0 aliphatic heterocycles. The summed E-state index contributed by atoms with van der Waals surface area (Å²) in [5.74, 6) is 0.151. The molecule has 2 aromatic carbocycles. The third-order valence-corrected chi connectivity index (χ3v) is 4.08. The van der Waals surface area contributed by atoms with Crippen molar-refractivity contribution in [1.82, 2.24) is 15.1 Å². The second-order valence-corrected chi connectivity index (χ2v) is 6.01. The average Bonchev–Trinajstić information content (AvgIpc) is 3.02. The number of benzene rings is 2. The van der Waals surface area contributed by atoms with E-state index >= 15 is 0 Å². The fraction of sp³-hybridized carbons (Fsp3) is 0.150. The van der Waals surface area contributed by atoms with E-state index in [-0.39, 0.29) is 11.7 Å². The van der Waals surface area contributed by atoms with Crippen molar-refractivity contribution in [3.8, 4) is 11.8 Å². The van der Waals surface area contributed by atoms with E-state index in [1.807, 2.05) is 12.1 Å². The maximum Gasteiger partial charge on any atom is 0.251 e. The van der Waals surface area contributed by atoms with Crippen molar-refractivity contribution in [2.45, 2.75) is 13.3 Å². The van der Waals surface area contributed by atoms with Crippen molar-refractivity contribution in [1.29, 1.82) is 5.26 Å². The second-order valence-electron chi connectivity index (χ2n) is 6.01. The molecular weight excluding hydrogens is 326 g/mol. The molecule has 26 heavy (non-hydrogen) atoms. The highest BCUT2D eigenvalue weighted by atomic mass is 16.1. The molecular formula is C20H19N5O. The van der Waals surface area contributed by atoms with Crippen LogP contribution in [0.4, 0.5) is 5.82 Å². The number of nitrogens with two attached hydrogens (primary N) is 1. The van der Waals surface area contributed by atoms with Crippen LogP contribution in [0, 0.1) is 18.3 Å². The Morgan fingerprint density at radius 3 is 2.69 bits per heavy atom. The molecule has 0 atom stereocenters. The van der Waals surface area contributed by atoms with E-state index in [2.05, 4.69) is 35.5 Å². The summed E-state index contributed by atoms with van der Waals surface area (Å²) in [7, 11) is 0. The molecule has 3 rings (SSSR count). The summed E-state index contributed by atoms with van der Waals surface area (Å²) in [5.41, 5.74) is 9.86. The van der Waals surface area contributed by atoms with Gasteiger partial charge in [0.1, 0.15) is 17.5 Å². The van der Waals surface area contributed by atoms with Crippen LogP contribution in [0.3, 0.4) is 0 Å². The van der Waals surface area contributed by atoms with Gasteiger partial charge < -0.3 is 11.1 Å². The first-order valence-electron chi connectivity index (χ1n) is 8.26. The molecule has 0 aliphatic carbocycles. The standard InChI is InChI=1S/C20H19N5O/c1-14-3-2-4-15(11-14)9-10-23-20(26)16-5-7-18(8-6-16)25-19(22)17(12-21)13-24-25/h2-8,11,13H,9-10,22H2,1H3,(H,23,26). The molecule has 0 bridgehead atoms. The molecule has 0 saturated heterocycles. The van der Waals surface area contributed by atoms with Gasteiger partial charge >= 0.3 is 0 Å². The lowest BCUT2D eigenvalue weighted by molar-refractivity contribution is 0.0954. The van der Waals surface area contributed by atoms with Gasteiger partial charge in [-0.15, -0.1) is 0 Å². The summed E-state index contributed by atoms with van der Waals surface area (Å²) in [4.78, 5) is 12.3. The number of nitrogens with one attached hydrogen (secondary N) is 1. The molecule has 0 unspecified atom stereocenters. The molecule has 6 nitrogen and oxygen atoms in total. The lowest BCUT2D eigenvalue weighted by Gasteiger charge is -2.08. The number of anilines is 1. The van der Waals surface area contributed by atoms with E-state index in [4.69, 9.17) is 11.0 Å². The topological polar surface area (TPSA) is 96.7 Å². The zero-order valence-corrected chi connectivity index (χ0v) is 14.4. The van der Waals surface area contributed by atoms with Crippen molar-refractivity contribution in [3.05, 3.63) is 77.0 Å². The van der Waals surface area contributed by atoms with Crippen LogP contribution in [0.1, 0.15) is 27.0 Å². The van der Waals surface area contributed by atoms with Gasteiger partial charge in [-0.25, -0.2) is 4.68 Å². The van der Waals surface area contributed by atoms with Gasteiger partial charge in [-0.05, 0) is 43.2 Å². The van der Waals surface area contributed by atoms with Crippen LogP contribution in [0.15, 0.2) is 54.7 Å². The zero-order chi connectivity index (χ0) is 18.5. The first-order chi connectivity index (χ1) is 12.6. The average molecular weight is 345 g/mol. The minimum atomic E-state index is -0.129. The first-order valence-corrected chi connectivity index (χ1v) is 8.26. The predicted molar refractivity (Wildman–Crippen MR) is 99.9 cm³/mol. The third kappa shape index (κ3) is 3.73. The van der Waals surface area contributed by atoms with E-state index in [0.717, 1.165) is 6.42 Å². The fourth-order valence-corrected chi connectivity index (χ4v) is 2.69. The van der Waals surface area contributed by atoms with E-state index in [1.54, 1.807) is 24.3 Å². The summed E-state index contributed by atoms with van der Waals surface area (Å²) in [6.45, 7) is 2.62. The van der Waals surface area contributed by atoms with Crippen molar-refractivity contribution < 1.29 is 4.79 Å². The van der Waals surface area contributed by atoms with E-state index in [0.29, 0.717) is 23.4 Å². The third-order valence-electron chi connectivity index (χ3n) is 4.08. The number of carbonyl (C=O) groups excluding carboxylic acids is 1. The number of amides is 1. The lowest BCUT2D eigenvalue weighted by Crippen LogP contribution is -2.25. The van der Waals surface area contributed by atoms with Gasteiger partial charge in [0.15, 0.2) is 0 Å². The Morgan fingerprint density at radius 1 is 1.27 bits per heavy atom. The molecule has 0 saturated carbocycles. The number of nitriles is 1. The molecule has 0 aliphatic rings. The van der Waals surface area contributed by atoms with E-state index < -0.39 is 0 Å². The van der Waals surface area contributed by atoms with Gasteiger partial charge in [-0.2, -0.15) is 10.4 Å². The monoisotopic (exact) mass is 345 g/mol. The Balaban J connectivity index is 1.62. The predicted octanol–water partition coefficient (Wildman–Crippen LogP) is 2.61. The summed E-state index contributed by atoms with van der Waals surface area (Å²) in [5, 5.41) is 16.0. The van der Waals surface area contributed by atoms with Crippen LogP contribution in [-0.4, -0.2) is 22.2 Å². The Hall–Kier alpha value is -3.59. The van der Waals surface area contributed by atoms with Crippen molar-refractivity contribution in [3.63, 3.8) is 0 Å². The number of nitrogen functional groups attached to an aromatic ring is 1. The Morgan fingerprint density at radius 2 is 2.04 bits per heavy atom. The van der Waals surface area contributed by atoms with Crippen LogP contribution in [0.2, 0.25) is 0 Å². The summed E-state index contributed by atoms with van der Waals surface area (Å²) < 4.78 is 1.47. The zero-order valence-electron chi connectivity index (χ0n) is 14.4. The number of carbonyl (C=O) groups is 1. The van der Waals surface area contributed by atoms with Crippen LogP contribution >= 0.6 is 0 Å². The van der Waals surface area contributed by atoms with Crippen molar-refractivity contribution in [2.24, 2.45) is 0 Å². The Bertz CT molecular complexity index is 967. The van der Waals surface area contributed by atoms with Crippen molar-refractivity contribution >= 4 is 11.7 Å². The molecule has 1 aromatic heterocycles. The van der Waals surface area contributed by atoms with Gasteiger partial charge in [0, 0.05) is 12.1 Å². The highest BCUT2D eigenvalue weighted by Gasteiger charge is 2.10. The highest BCUT2D eigenvalue weighted by Crippen LogP contribution is 2.16. The first kappa shape index (κ1) is 17.2. The smallest absolute Gasteiger partial charge is 0.251 e. The second kappa shape index (κ2) is 7.53. The minimum Gasteiger partial charge on any atom is -0.382 e. The number of rotatable bonds is 5. The molecule has 130 valence electrons. The maximum atomic E-state index is 12.3. The summed E-state index contributed by atoms with van der Waals surface area (Å²) >= 11 is 0. The van der Waals surface area contributed by atoms with Crippen LogP contribution < -0.4 is 11.1 Å². The molecule has 0 spiro atoms. The molecule has 6 heteroatoms. The highest BCUT2D eigenvalue weighted by molar-refractivity contribution is 5.94. The van der Waals surface area contributed by atoms with Gasteiger partial charge in [0.2, 0.25) is 0 Å². The Kier molecular flexibility index (Phi) is 4.99. The van der Waals surface area contributed by atoms with Gasteiger partial charge in [-0.3, -0.25) is 4.79 Å². The normalized spacial score (nSPS) is 10.3. The molecule has 0 radical (unpaired) electrons. The Labute approximate surface area is 151 Å². The molecule has 3 N–H and O–H groups in total. The lowest BCUT2D eigenvalue weighted by atomic mass is 10.1. The molecule has 0 fully saturated rings. The van der Waals surface area contributed by atoms with Gasteiger partial charge in [0.05, 0.1) is 11.9 Å². The van der Waals surface area contributed by atoms with Crippen LogP contribution in [0.25, 0.3) is 5.69 Å². The van der Waals surface area contributed by atoms with Gasteiger partial charge in [0.25, 0.3) is 5.91 Å².